The Hall–Kier alpha value is -1.14. The van der Waals surface area contributed by atoms with Crippen molar-refractivity contribution in [2.45, 2.75) is 32.7 Å². The van der Waals surface area contributed by atoms with Gasteiger partial charge in [-0.1, -0.05) is 13.3 Å². The van der Waals surface area contributed by atoms with Gasteiger partial charge in [-0.2, -0.15) is 5.10 Å². The standard InChI is InChI=1S/C14H23N5S/c1-4-5-11-12-13(18(3)16-11)19(14(20)15-12)9-10-6-7-17(2)8-10/h10H,4-9H2,1-3H3,(H,15,20). The molecule has 0 radical (unpaired) electrons. The molecule has 0 aliphatic carbocycles. The van der Waals surface area contributed by atoms with E-state index in [-0.39, 0.29) is 0 Å². The predicted octanol–water partition coefficient (Wildman–Crippen LogP) is 2.34. The number of aromatic nitrogens is 4. The summed E-state index contributed by atoms with van der Waals surface area (Å²) in [5.41, 5.74) is 3.41. The van der Waals surface area contributed by atoms with Crippen LogP contribution < -0.4 is 0 Å². The molecule has 6 heteroatoms. The highest BCUT2D eigenvalue weighted by atomic mass is 32.1. The zero-order valence-corrected chi connectivity index (χ0v) is 13.3. The molecule has 1 unspecified atom stereocenters. The van der Waals surface area contributed by atoms with Crippen molar-refractivity contribution >= 4 is 23.4 Å². The van der Waals surface area contributed by atoms with Gasteiger partial charge in [-0.3, -0.25) is 4.68 Å². The number of likely N-dealkylation sites (tertiary alicyclic amines) is 1. The van der Waals surface area contributed by atoms with Gasteiger partial charge in [-0.25, -0.2) is 0 Å². The number of hydrogen-bond donors (Lipinski definition) is 1. The molecule has 0 saturated carbocycles. The van der Waals surface area contributed by atoms with Crippen LogP contribution in [0.15, 0.2) is 0 Å². The monoisotopic (exact) mass is 293 g/mol. The first-order valence-corrected chi connectivity index (χ1v) is 7.84. The highest BCUT2D eigenvalue weighted by molar-refractivity contribution is 7.71. The van der Waals surface area contributed by atoms with Gasteiger partial charge in [-0.05, 0) is 44.6 Å². The summed E-state index contributed by atoms with van der Waals surface area (Å²) < 4.78 is 5.05. The summed E-state index contributed by atoms with van der Waals surface area (Å²) in [4.78, 5) is 5.76. The minimum atomic E-state index is 0.690. The number of fused-ring (bicyclic) bond motifs is 1. The molecule has 3 rings (SSSR count). The van der Waals surface area contributed by atoms with Crippen LogP contribution >= 0.6 is 12.2 Å². The summed E-state index contributed by atoms with van der Waals surface area (Å²) in [5.74, 6) is 0.690. The number of nitrogens with one attached hydrogen (secondary N) is 1. The third-order valence-corrected chi connectivity index (χ3v) is 4.56. The Morgan fingerprint density at radius 3 is 2.85 bits per heavy atom. The number of rotatable bonds is 4. The van der Waals surface area contributed by atoms with Gasteiger partial charge in [0.1, 0.15) is 5.52 Å². The Balaban J connectivity index is 1.98. The van der Waals surface area contributed by atoms with Gasteiger partial charge in [0.15, 0.2) is 10.4 Å². The van der Waals surface area contributed by atoms with E-state index in [1.807, 2.05) is 11.7 Å². The molecule has 1 aliphatic heterocycles. The van der Waals surface area contributed by atoms with Gasteiger partial charge in [-0.15, -0.1) is 0 Å². The molecule has 0 spiro atoms. The van der Waals surface area contributed by atoms with Crippen LogP contribution in [0, 0.1) is 10.7 Å². The van der Waals surface area contributed by atoms with Crippen LogP contribution in [-0.2, 0) is 20.0 Å². The Labute approximate surface area is 124 Å². The van der Waals surface area contributed by atoms with Crippen LogP contribution in [0.2, 0.25) is 0 Å². The van der Waals surface area contributed by atoms with Crippen LogP contribution in [0.25, 0.3) is 11.2 Å². The van der Waals surface area contributed by atoms with Crippen LogP contribution in [0.1, 0.15) is 25.5 Å². The number of aromatic amines is 1. The zero-order valence-electron chi connectivity index (χ0n) is 12.5. The number of aryl methyl sites for hydroxylation is 2. The number of hydrogen-bond acceptors (Lipinski definition) is 3. The van der Waals surface area contributed by atoms with Crippen molar-refractivity contribution in [1.29, 1.82) is 0 Å². The minimum absolute atomic E-state index is 0.690. The van der Waals surface area contributed by atoms with Gasteiger partial charge >= 0.3 is 0 Å². The van der Waals surface area contributed by atoms with E-state index >= 15 is 0 Å². The molecule has 110 valence electrons. The molecule has 2 aromatic heterocycles. The van der Waals surface area contributed by atoms with Crippen LogP contribution in [-0.4, -0.2) is 44.4 Å². The molecule has 2 aromatic rings. The number of H-pyrrole nitrogens is 1. The van der Waals surface area contributed by atoms with Gasteiger partial charge < -0.3 is 14.5 Å². The van der Waals surface area contributed by atoms with E-state index in [1.165, 1.54) is 13.0 Å². The summed E-state index contributed by atoms with van der Waals surface area (Å²) in [7, 11) is 4.21. The molecule has 0 aromatic carbocycles. The molecule has 5 nitrogen and oxygen atoms in total. The Morgan fingerprint density at radius 1 is 1.40 bits per heavy atom. The maximum atomic E-state index is 5.53. The summed E-state index contributed by atoms with van der Waals surface area (Å²) in [6, 6.07) is 0. The maximum absolute atomic E-state index is 5.53. The van der Waals surface area contributed by atoms with Gasteiger partial charge in [0.25, 0.3) is 0 Å². The lowest BCUT2D eigenvalue weighted by Gasteiger charge is -2.12. The van der Waals surface area contributed by atoms with Gasteiger partial charge in [0.05, 0.1) is 5.69 Å². The summed E-state index contributed by atoms with van der Waals surface area (Å²) >= 11 is 5.53. The Kier molecular flexibility index (Phi) is 3.69. The molecule has 1 aliphatic rings. The third-order valence-electron chi connectivity index (χ3n) is 4.24. The van der Waals surface area contributed by atoms with E-state index in [9.17, 15) is 0 Å². The van der Waals surface area contributed by atoms with Crippen LogP contribution in [0.4, 0.5) is 0 Å². The normalized spacial score (nSPS) is 20.2. The minimum Gasteiger partial charge on any atom is -0.328 e. The number of imidazole rings is 1. The molecule has 0 amide bonds. The highest BCUT2D eigenvalue weighted by Gasteiger charge is 2.22. The van der Waals surface area contributed by atoms with Crippen molar-refractivity contribution in [3.63, 3.8) is 0 Å². The second-order valence-electron chi connectivity index (χ2n) is 5.98. The van der Waals surface area contributed by atoms with Crippen molar-refractivity contribution in [2.75, 3.05) is 20.1 Å². The number of nitrogens with zero attached hydrogens (tertiary/aromatic N) is 4. The molecule has 1 fully saturated rings. The molecule has 0 bridgehead atoms. The van der Waals surface area contributed by atoms with Gasteiger partial charge in [0.2, 0.25) is 0 Å². The van der Waals surface area contributed by atoms with Crippen LogP contribution in [0.5, 0.6) is 0 Å². The van der Waals surface area contributed by atoms with E-state index in [2.05, 4.69) is 33.5 Å². The first kappa shape index (κ1) is 13.8. The lowest BCUT2D eigenvalue weighted by atomic mass is 10.1. The van der Waals surface area contributed by atoms with Crippen molar-refractivity contribution in [3.8, 4) is 0 Å². The fraction of sp³-hybridized carbons (Fsp3) is 0.714. The second-order valence-corrected chi connectivity index (χ2v) is 6.36. The quantitative estimate of drug-likeness (QED) is 0.880. The molecule has 20 heavy (non-hydrogen) atoms. The van der Waals surface area contributed by atoms with Gasteiger partial charge in [0, 0.05) is 20.1 Å². The smallest absolute Gasteiger partial charge is 0.179 e. The largest absolute Gasteiger partial charge is 0.328 e. The molecule has 1 atom stereocenters. The van der Waals surface area contributed by atoms with Crippen molar-refractivity contribution in [3.05, 3.63) is 10.5 Å². The average Bonchev–Trinajstić information content (AvgIpc) is 3.02. The maximum Gasteiger partial charge on any atom is 0.179 e. The summed E-state index contributed by atoms with van der Waals surface area (Å²) in [6.45, 7) is 5.53. The molecule has 1 saturated heterocycles. The van der Waals surface area contributed by atoms with Crippen LogP contribution in [0.3, 0.4) is 0 Å². The van der Waals surface area contributed by atoms with E-state index in [4.69, 9.17) is 12.2 Å². The summed E-state index contributed by atoms with van der Waals surface area (Å²) in [6.07, 6.45) is 3.36. The van der Waals surface area contributed by atoms with Crippen molar-refractivity contribution < 1.29 is 0 Å². The average molecular weight is 293 g/mol. The summed E-state index contributed by atoms with van der Waals surface area (Å²) in [5, 5.41) is 4.64. The van der Waals surface area contributed by atoms with Crippen molar-refractivity contribution in [2.24, 2.45) is 13.0 Å². The highest BCUT2D eigenvalue weighted by Crippen LogP contribution is 2.23. The molecule has 3 heterocycles. The first-order valence-electron chi connectivity index (χ1n) is 7.43. The van der Waals surface area contributed by atoms with Crippen molar-refractivity contribution in [1.82, 2.24) is 24.2 Å². The molecule has 1 N–H and O–H groups in total. The third kappa shape index (κ3) is 2.31. The van der Waals surface area contributed by atoms with E-state index < -0.39 is 0 Å². The van der Waals surface area contributed by atoms with E-state index in [0.717, 1.165) is 47.6 Å². The topological polar surface area (TPSA) is 41.8 Å². The predicted molar refractivity (Wildman–Crippen MR) is 83.5 cm³/mol. The fourth-order valence-electron chi connectivity index (χ4n) is 3.29. The lowest BCUT2D eigenvalue weighted by Crippen LogP contribution is -2.17. The molecular formula is C14H23N5S. The first-order chi connectivity index (χ1) is 9.60. The molecular weight excluding hydrogens is 270 g/mol. The SMILES string of the molecule is CCCc1nn(C)c2c1[nH]c(=S)n2CC1CCN(C)C1. The van der Waals surface area contributed by atoms with E-state index in [0.29, 0.717) is 5.92 Å². The fourth-order valence-corrected chi connectivity index (χ4v) is 3.56. The lowest BCUT2D eigenvalue weighted by molar-refractivity contribution is 0.378. The second kappa shape index (κ2) is 5.33. The van der Waals surface area contributed by atoms with E-state index in [1.54, 1.807) is 0 Å². The Bertz CT molecular complexity index is 665. The Morgan fingerprint density at radius 2 is 2.20 bits per heavy atom. The zero-order chi connectivity index (χ0) is 14.3.